The summed E-state index contributed by atoms with van der Waals surface area (Å²) >= 11 is 1.56. The molecule has 1 aromatic heterocycles. The summed E-state index contributed by atoms with van der Waals surface area (Å²) in [6.07, 6.45) is 6.11. The maximum Gasteiger partial charge on any atom is 0.243 e. The topological polar surface area (TPSA) is 120 Å². The van der Waals surface area contributed by atoms with Gasteiger partial charge in [-0.15, -0.1) is 11.3 Å². The molecule has 178 valence electrons. The standard InChI is InChI=1S/C24H34N6O2S/c1-4-22(31)27-19(13-23-28-18-11-10-17(15(2)3)12-21(18)33-23)24(32)26-14-20(29-30-25)16-8-6-5-7-9-16/h10-12,15-16,19-20H,4-9,13-14H2,1-3H3,(H,26,32)(H,27,31)/t19-,20+/m0/s1. The zero-order chi connectivity index (χ0) is 23.8. The van der Waals surface area contributed by atoms with Crippen molar-refractivity contribution in [1.82, 2.24) is 15.6 Å². The minimum absolute atomic E-state index is 0.183. The Morgan fingerprint density at radius 2 is 2.03 bits per heavy atom. The van der Waals surface area contributed by atoms with E-state index >= 15 is 0 Å². The number of carbonyl (C=O) groups is 2. The molecule has 1 fully saturated rings. The summed E-state index contributed by atoms with van der Waals surface area (Å²) < 4.78 is 1.08. The Balaban J connectivity index is 1.71. The highest BCUT2D eigenvalue weighted by Crippen LogP contribution is 2.29. The number of aromatic nitrogens is 1. The van der Waals surface area contributed by atoms with E-state index in [1.807, 2.05) is 6.07 Å². The smallest absolute Gasteiger partial charge is 0.243 e. The first-order valence-electron chi connectivity index (χ1n) is 11.9. The molecule has 8 nitrogen and oxygen atoms in total. The van der Waals surface area contributed by atoms with Crippen molar-refractivity contribution in [1.29, 1.82) is 0 Å². The van der Waals surface area contributed by atoms with E-state index in [4.69, 9.17) is 5.53 Å². The molecule has 2 aromatic rings. The zero-order valence-electron chi connectivity index (χ0n) is 19.7. The van der Waals surface area contributed by atoms with Gasteiger partial charge in [0.1, 0.15) is 6.04 Å². The number of hydrogen-bond donors (Lipinski definition) is 2. The van der Waals surface area contributed by atoms with E-state index in [1.54, 1.807) is 18.3 Å². The van der Waals surface area contributed by atoms with Crippen LogP contribution >= 0.6 is 11.3 Å². The van der Waals surface area contributed by atoms with Crippen molar-refractivity contribution < 1.29 is 9.59 Å². The summed E-state index contributed by atoms with van der Waals surface area (Å²) in [5.74, 6) is 0.263. The Morgan fingerprint density at radius 3 is 2.70 bits per heavy atom. The van der Waals surface area contributed by atoms with Gasteiger partial charge < -0.3 is 10.6 Å². The molecule has 33 heavy (non-hydrogen) atoms. The summed E-state index contributed by atoms with van der Waals surface area (Å²) in [5.41, 5.74) is 11.1. The van der Waals surface area contributed by atoms with Crippen LogP contribution in [0, 0.1) is 5.92 Å². The third-order valence-electron chi connectivity index (χ3n) is 6.35. The first-order chi connectivity index (χ1) is 15.9. The van der Waals surface area contributed by atoms with E-state index < -0.39 is 6.04 Å². The highest BCUT2D eigenvalue weighted by atomic mass is 32.1. The average molecular weight is 471 g/mol. The van der Waals surface area contributed by atoms with Crippen LogP contribution in [0.1, 0.15) is 75.8 Å². The van der Waals surface area contributed by atoms with Gasteiger partial charge in [-0.3, -0.25) is 9.59 Å². The number of benzene rings is 1. The van der Waals surface area contributed by atoms with E-state index in [-0.39, 0.29) is 30.3 Å². The van der Waals surface area contributed by atoms with Crippen LogP contribution in [0.25, 0.3) is 20.7 Å². The third-order valence-corrected chi connectivity index (χ3v) is 7.39. The van der Waals surface area contributed by atoms with Crippen molar-refractivity contribution in [3.05, 3.63) is 39.2 Å². The van der Waals surface area contributed by atoms with Gasteiger partial charge in [0.05, 0.1) is 21.3 Å². The van der Waals surface area contributed by atoms with Crippen LogP contribution < -0.4 is 10.6 Å². The maximum atomic E-state index is 13.1. The maximum absolute atomic E-state index is 13.1. The number of nitrogens with one attached hydrogen (secondary N) is 2. The predicted molar refractivity (Wildman–Crippen MR) is 132 cm³/mol. The summed E-state index contributed by atoms with van der Waals surface area (Å²) in [5, 5.41) is 10.5. The monoisotopic (exact) mass is 470 g/mol. The number of hydrogen-bond acceptors (Lipinski definition) is 5. The van der Waals surface area contributed by atoms with Crippen molar-refractivity contribution in [2.24, 2.45) is 11.0 Å². The van der Waals surface area contributed by atoms with Gasteiger partial charge in [-0.05, 0) is 47.9 Å². The van der Waals surface area contributed by atoms with Crippen LogP contribution in [0.3, 0.4) is 0 Å². The molecule has 1 saturated carbocycles. The summed E-state index contributed by atoms with van der Waals surface area (Å²) in [4.78, 5) is 32.9. The van der Waals surface area contributed by atoms with Crippen molar-refractivity contribution in [3.8, 4) is 0 Å². The Kier molecular flexibility index (Phi) is 9.09. The molecule has 9 heteroatoms. The number of fused-ring (bicyclic) bond motifs is 1. The minimum Gasteiger partial charge on any atom is -0.354 e. The zero-order valence-corrected chi connectivity index (χ0v) is 20.5. The molecular weight excluding hydrogens is 436 g/mol. The van der Waals surface area contributed by atoms with Gasteiger partial charge in [0.25, 0.3) is 0 Å². The normalized spacial score (nSPS) is 16.2. The second-order valence-corrected chi connectivity index (χ2v) is 10.2. The van der Waals surface area contributed by atoms with E-state index in [9.17, 15) is 9.59 Å². The van der Waals surface area contributed by atoms with Gasteiger partial charge in [0.15, 0.2) is 0 Å². The lowest BCUT2D eigenvalue weighted by Crippen LogP contribution is -2.49. The van der Waals surface area contributed by atoms with Crippen molar-refractivity contribution >= 4 is 33.4 Å². The third kappa shape index (κ3) is 6.92. The number of thiazole rings is 1. The van der Waals surface area contributed by atoms with Gasteiger partial charge in [-0.2, -0.15) is 0 Å². The molecule has 1 aliphatic rings. The van der Waals surface area contributed by atoms with Crippen molar-refractivity contribution in [2.45, 2.75) is 83.7 Å². The van der Waals surface area contributed by atoms with Gasteiger partial charge >= 0.3 is 0 Å². The van der Waals surface area contributed by atoms with E-state index in [1.165, 1.54) is 12.0 Å². The fraction of sp³-hybridized carbons (Fsp3) is 0.625. The minimum atomic E-state index is -0.722. The summed E-state index contributed by atoms with van der Waals surface area (Å²) in [7, 11) is 0. The Hall–Kier alpha value is -2.64. The van der Waals surface area contributed by atoms with Crippen molar-refractivity contribution in [2.75, 3.05) is 6.54 Å². The quantitative estimate of drug-likeness (QED) is 0.281. The number of azide groups is 1. The van der Waals surface area contributed by atoms with Crippen LogP contribution in [0.5, 0.6) is 0 Å². The molecule has 0 aliphatic heterocycles. The van der Waals surface area contributed by atoms with Gasteiger partial charge in [-0.25, -0.2) is 4.98 Å². The molecule has 2 atom stereocenters. The van der Waals surface area contributed by atoms with E-state index in [0.29, 0.717) is 18.8 Å². The molecule has 1 aliphatic carbocycles. The average Bonchev–Trinajstić information content (AvgIpc) is 3.23. The molecule has 1 heterocycles. The Labute approximate surface area is 199 Å². The summed E-state index contributed by atoms with van der Waals surface area (Å²) in [6, 6.07) is 5.26. The van der Waals surface area contributed by atoms with Crippen LogP contribution in [0.2, 0.25) is 0 Å². The van der Waals surface area contributed by atoms with Gasteiger partial charge in [0, 0.05) is 24.3 Å². The van der Waals surface area contributed by atoms with E-state index in [0.717, 1.165) is 40.9 Å². The molecule has 0 spiro atoms. The fourth-order valence-corrected chi connectivity index (χ4v) is 5.39. The SMILES string of the molecule is CCC(=O)N[C@@H](Cc1nc2ccc(C(C)C)cc2s1)C(=O)NC[C@@H](N=[N+]=[N-])C1CCCCC1. The molecule has 0 bridgehead atoms. The molecule has 3 rings (SSSR count). The summed E-state index contributed by atoms with van der Waals surface area (Å²) in [6.45, 7) is 6.35. The van der Waals surface area contributed by atoms with Crippen LogP contribution in [-0.2, 0) is 16.0 Å². The number of amides is 2. The molecule has 2 N–H and O–H groups in total. The lowest BCUT2D eigenvalue weighted by Gasteiger charge is -2.28. The van der Waals surface area contributed by atoms with Crippen molar-refractivity contribution in [3.63, 3.8) is 0 Å². The number of rotatable bonds is 10. The molecule has 1 aromatic carbocycles. The highest BCUT2D eigenvalue weighted by Gasteiger charge is 2.26. The highest BCUT2D eigenvalue weighted by molar-refractivity contribution is 7.18. The Bertz CT molecular complexity index is 1010. The second kappa shape index (κ2) is 12.0. The first-order valence-corrected chi connectivity index (χ1v) is 12.7. The molecule has 2 amide bonds. The molecule has 0 radical (unpaired) electrons. The second-order valence-electron chi connectivity index (χ2n) is 9.08. The largest absolute Gasteiger partial charge is 0.354 e. The lowest BCUT2D eigenvalue weighted by atomic mass is 9.84. The van der Waals surface area contributed by atoms with Gasteiger partial charge in [0.2, 0.25) is 11.8 Å². The lowest BCUT2D eigenvalue weighted by molar-refractivity contribution is -0.128. The number of carbonyl (C=O) groups excluding carboxylic acids is 2. The predicted octanol–water partition coefficient (Wildman–Crippen LogP) is 5.23. The first kappa shape index (κ1) is 25.0. The van der Waals surface area contributed by atoms with Crippen LogP contribution in [0.4, 0.5) is 0 Å². The van der Waals surface area contributed by atoms with Crippen LogP contribution in [-0.4, -0.2) is 35.4 Å². The molecule has 0 saturated heterocycles. The van der Waals surface area contributed by atoms with Gasteiger partial charge in [-0.1, -0.05) is 51.2 Å². The fourth-order valence-electron chi connectivity index (χ4n) is 4.33. The van der Waals surface area contributed by atoms with Crippen LogP contribution in [0.15, 0.2) is 23.3 Å². The van der Waals surface area contributed by atoms with E-state index in [2.05, 4.69) is 51.6 Å². The molecule has 0 unspecified atom stereocenters. The number of nitrogens with zero attached hydrogens (tertiary/aromatic N) is 4. The Morgan fingerprint density at radius 1 is 1.27 bits per heavy atom. The molecular formula is C24H34N6O2S.